The minimum absolute atomic E-state index is 0.379. The lowest BCUT2D eigenvalue weighted by atomic mass is 10.00. The highest BCUT2D eigenvalue weighted by molar-refractivity contribution is 4.99. The summed E-state index contributed by atoms with van der Waals surface area (Å²) in [7, 11) is 0. The van der Waals surface area contributed by atoms with E-state index in [2.05, 4.69) is 0 Å². The molecule has 1 aliphatic carbocycles. The Labute approximate surface area is 67.4 Å². The lowest BCUT2D eigenvalue weighted by Gasteiger charge is -2.21. The van der Waals surface area contributed by atoms with Gasteiger partial charge in [0.15, 0.2) is 0 Å². The van der Waals surface area contributed by atoms with Crippen LogP contribution in [0.15, 0.2) is 0 Å². The zero-order valence-corrected chi connectivity index (χ0v) is 6.53. The topological polar surface area (TPSA) is 20.2 Å². The van der Waals surface area contributed by atoms with Gasteiger partial charge < -0.3 is 5.11 Å². The monoisotopic (exact) mass is 186 g/mol. The van der Waals surface area contributed by atoms with E-state index in [1.54, 1.807) is 0 Å². The predicted molar refractivity (Wildman–Crippen MR) is 34.3 cm³/mol. The van der Waals surface area contributed by atoms with E-state index >= 15 is 0 Å². The summed E-state index contributed by atoms with van der Waals surface area (Å²) in [4.78, 5) is 0. The van der Waals surface area contributed by atoms with E-state index < -0.39 is 30.3 Å². The summed E-state index contributed by atoms with van der Waals surface area (Å²) in [5, 5.41) is 8.95. The first-order valence-electron chi connectivity index (χ1n) is 3.64. The van der Waals surface area contributed by atoms with Crippen LogP contribution >= 0.6 is 0 Å². The standard InChI is InChI=1S/C7H10F4O/c1-6(12,5(8)9)2-4-3-7(4,10)11/h4-5,12H,2-3H2,1H3. The lowest BCUT2D eigenvalue weighted by Crippen LogP contribution is -2.34. The van der Waals surface area contributed by atoms with Gasteiger partial charge in [0.2, 0.25) is 0 Å². The Morgan fingerprint density at radius 3 is 2.25 bits per heavy atom. The van der Waals surface area contributed by atoms with E-state index in [4.69, 9.17) is 5.11 Å². The van der Waals surface area contributed by atoms with E-state index in [-0.39, 0.29) is 6.42 Å². The summed E-state index contributed by atoms with van der Waals surface area (Å²) in [6, 6.07) is 0. The van der Waals surface area contributed by atoms with Gasteiger partial charge in [0.25, 0.3) is 12.3 Å². The Kier molecular flexibility index (Phi) is 2.10. The first-order chi connectivity index (χ1) is 5.26. The molecular formula is C7H10F4O. The molecule has 12 heavy (non-hydrogen) atoms. The summed E-state index contributed by atoms with van der Waals surface area (Å²) >= 11 is 0. The molecule has 2 atom stereocenters. The second kappa shape index (κ2) is 2.58. The third-order valence-electron chi connectivity index (χ3n) is 2.09. The highest BCUT2D eigenvalue weighted by Gasteiger charge is 2.59. The highest BCUT2D eigenvalue weighted by atomic mass is 19.3. The van der Waals surface area contributed by atoms with Crippen LogP contribution in [0.4, 0.5) is 17.6 Å². The molecule has 0 aromatic heterocycles. The molecule has 0 aromatic carbocycles. The average Bonchev–Trinajstić information content (AvgIpc) is 2.37. The summed E-state index contributed by atoms with van der Waals surface area (Å²) in [5.74, 6) is -3.90. The number of hydrogen-bond acceptors (Lipinski definition) is 1. The van der Waals surface area contributed by atoms with Crippen molar-refractivity contribution in [1.82, 2.24) is 0 Å². The molecule has 1 rings (SSSR count). The van der Waals surface area contributed by atoms with Crippen molar-refractivity contribution >= 4 is 0 Å². The van der Waals surface area contributed by atoms with E-state index in [0.29, 0.717) is 0 Å². The molecule has 2 unspecified atom stereocenters. The van der Waals surface area contributed by atoms with E-state index in [1.165, 1.54) is 0 Å². The minimum atomic E-state index is -2.96. The SMILES string of the molecule is CC(O)(CC1CC1(F)F)C(F)F. The van der Waals surface area contributed by atoms with Gasteiger partial charge in [0, 0.05) is 12.3 Å². The normalized spacial score (nSPS) is 31.8. The summed E-state index contributed by atoms with van der Waals surface area (Å²) in [5.41, 5.74) is -2.27. The fraction of sp³-hybridized carbons (Fsp3) is 1.00. The smallest absolute Gasteiger partial charge is 0.266 e. The third kappa shape index (κ3) is 1.88. The van der Waals surface area contributed by atoms with Crippen LogP contribution in [0.3, 0.4) is 0 Å². The first-order valence-corrected chi connectivity index (χ1v) is 3.64. The summed E-state index contributed by atoms with van der Waals surface area (Å²) < 4.78 is 48.4. The second-order valence-corrected chi connectivity index (χ2v) is 3.52. The number of rotatable bonds is 3. The molecule has 0 spiro atoms. The molecule has 0 amide bonds. The second-order valence-electron chi connectivity index (χ2n) is 3.52. The summed E-state index contributed by atoms with van der Waals surface area (Å²) in [6.07, 6.45) is -3.87. The van der Waals surface area contributed by atoms with Crippen molar-refractivity contribution in [2.24, 2.45) is 5.92 Å². The Bertz CT molecular complexity index is 178. The molecule has 0 aliphatic heterocycles. The number of aliphatic hydroxyl groups is 1. The van der Waals surface area contributed by atoms with Crippen LogP contribution in [-0.4, -0.2) is 23.1 Å². The number of alkyl halides is 4. The maximum Gasteiger partial charge on any atom is 0.266 e. The molecule has 0 radical (unpaired) electrons. The molecule has 1 nitrogen and oxygen atoms in total. The van der Waals surface area contributed by atoms with E-state index in [9.17, 15) is 17.6 Å². The van der Waals surface area contributed by atoms with Gasteiger partial charge in [-0.2, -0.15) is 0 Å². The van der Waals surface area contributed by atoms with Gasteiger partial charge in [-0.15, -0.1) is 0 Å². The average molecular weight is 186 g/mol. The van der Waals surface area contributed by atoms with Gasteiger partial charge in [-0.1, -0.05) is 0 Å². The van der Waals surface area contributed by atoms with Crippen molar-refractivity contribution in [3.8, 4) is 0 Å². The Morgan fingerprint density at radius 2 is 2.00 bits per heavy atom. The molecule has 72 valence electrons. The van der Waals surface area contributed by atoms with Crippen molar-refractivity contribution in [2.75, 3.05) is 0 Å². The predicted octanol–water partition coefficient (Wildman–Crippen LogP) is 2.05. The Morgan fingerprint density at radius 1 is 1.58 bits per heavy atom. The highest BCUT2D eigenvalue weighted by Crippen LogP contribution is 2.52. The van der Waals surface area contributed by atoms with Crippen molar-refractivity contribution in [1.29, 1.82) is 0 Å². The molecule has 0 aromatic rings. The van der Waals surface area contributed by atoms with Crippen LogP contribution in [-0.2, 0) is 0 Å². The minimum Gasteiger partial charge on any atom is -0.384 e. The van der Waals surface area contributed by atoms with Gasteiger partial charge in [0.1, 0.15) is 5.60 Å². The molecule has 1 N–H and O–H groups in total. The van der Waals surface area contributed by atoms with Crippen LogP contribution in [0.5, 0.6) is 0 Å². The number of halogens is 4. The van der Waals surface area contributed by atoms with Gasteiger partial charge in [0.05, 0.1) is 0 Å². The van der Waals surface area contributed by atoms with Gasteiger partial charge in [-0.05, 0) is 13.3 Å². The molecule has 1 saturated carbocycles. The fourth-order valence-corrected chi connectivity index (χ4v) is 1.08. The summed E-state index contributed by atoms with van der Waals surface area (Å²) in [6.45, 7) is 0.881. The van der Waals surface area contributed by atoms with Crippen LogP contribution in [0.25, 0.3) is 0 Å². The quantitative estimate of drug-likeness (QED) is 0.669. The maximum absolute atomic E-state index is 12.2. The zero-order chi connectivity index (χ0) is 9.57. The molecular weight excluding hydrogens is 176 g/mol. The Balaban J connectivity index is 2.42. The molecule has 0 saturated heterocycles. The van der Waals surface area contributed by atoms with Crippen molar-refractivity contribution < 1.29 is 22.7 Å². The van der Waals surface area contributed by atoms with Crippen molar-refractivity contribution in [2.45, 2.75) is 37.7 Å². The lowest BCUT2D eigenvalue weighted by molar-refractivity contribution is -0.0959. The fourth-order valence-electron chi connectivity index (χ4n) is 1.08. The number of hydrogen-bond donors (Lipinski definition) is 1. The third-order valence-corrected chi connectivity index (χ3v) is 2.09. The van der Waals surface area contributed by atoms with Gasteiger partial charge >= 0.3 is 0 Å². The van der Waals surface area contributed by atoms with Crippen LogP contribution < -0.4 is 0 Å². The van der Waals surface area contributed by atoms with Crippen molar-refractivity contribution in [3.63, 3.8) is 0 Å². The van der Waals surface area contributed by atoms with Crippen molar-refractivity contribution in [3.05, 3.63) is 0 Å². The zero-order valence-electron chi connectivity index (χ0n) is 6.53. The van der Waals surface area contributed by atoms with Gasteiger partial charge in [-0.25, -0.2) is 17.6 Å². The molecule has 0 heterocycles. The van der Waals surface area contributed by atoms with Crippen LogP contribution in [0, 0.1) is 5.92 Å². The van der Waals surface area contributed by atoms with E-state index in [0.717, 1.165) is 6.92 Å². The molecule has 1 fully saturated rings. The molecule has 0 bridgehead atoms. The van der Waals surface area contributed by atoms with Gasteiger partial charge in [-0.3, -0.25) is 0 Å². The molecule has 5 heteroatoms. The largest absolute Gasteiger partial charge is 0.384 e. The Hall–Kier alpha value is -0.320. The van der Waals surface area contributed by atoms with E-state index in [1.807, 2.05) is 0 Å². The molecule has 1 aliphatic rings. The first kappa shape index (κ1) is 9.77. The van der Waals surface area contributed by atoms with Crippen LogP contribution in [0.2, 0.25) is 0 Å². The van der Waals surface area contributed by atoms with Crippen LogP contribution in [0.1, 0.15) is 19.8 Å². The maximum atomic E-state index is 12.2.